The molecule has 3 nitrogen and oxygen atoms in total. The zero-order valence-electron chi connectivity index (χ0n) is 14.1. The Balaban J connectivity index is 1.92. The molecule has 3 rings (SSSR count). The highest BCUT2D eigenvalue weighted by Crippen LogP contribution is 2.32. The van der Waals surface area contributed by atoms with Crippen LogP contribution in [-0.2, 0) is 12.8 Å². The van der Waals surface area contributed by atoms with Gasteiger partial charge < -0.3 is 15.3 Å². The molecule has 0 amide bonds. The van der Waals surface area contributed by atoms with E-state index < -0.39 is 0 Å². The van der Waals surface area contributed by atoms with Gasteiger partial charge >= 0.3 is 0 Å². The topological polar surface area (TPSA) is 60.7 Å². The van der Waals surface area contributed by atoms with E-state index in [-0.39, 0.29) is 17.2 Å². The van der Waals surface area contributed by atoms with Crippen LogP contribution in [0.2, 0.25) is 0 Å². The molecule has 0 aliphatic heterocycles. The molecule has 0 heterocycles. The maximum absolute atomic E-state index is 10.8. The van der Waals surface area contributed by atoms with Crippen molar-refractivity contribution in [1.82, 2.24) is 0 Å². The minimum Gasteiger partial charge on any atom is -0.507 e. The standard InChI is InChI=1S/C21H18Br2O3/c1-12-6-15(8-13-2-4-19(24)17(22)10-13)21(26)16(7-12)9-14-3-5-20(25)18(23)11-14/h2-7,10-11,24-26H,8-9H2,1H3. The Morgan fingerprint density at radius 3 is 1.50 bits per heavy atom. The molecule has 0 saturated carbocycles. The number of aromatic hydroxyl groups is 3. The van der Waals surface area contributed by atoms with E-state index in [2.05, 4.69) is 31.9 Å². The first-order valence-corrected chi connectivity index (χ1v) is 9.68. The van der Waals surface area contributed by atoms with Crippen molar-refractivity contribution in [2.75, 3.05) is 0 Å². The maximum atomic E-state index is 10.8. The third-order valence-corrected chi connectivity index (χ3v) is 5.50. The molecule has 0 bridgehead atoms. The molecule has 3 aromatic rings. The first-order valence-electron chi connectivity index (χ1n) is 8.09. The summed E-state index contributed by atoms with van der Waals surface area (Å²) in [6.45, 7) is 2.01. The predicted molar refractivity (Wildman–Crippen MR) is 110 cm³/mol. The molecule has 0 atom stereocenters. The summed E-state index contributed by atoms with van der Waals surface area (Å²) in [7, 11) is 0. The third kappa shape index (κ3) is 4.22. The molecule has 0 unspecified atom stereocenters. The second-order valence-electron chi connectivity index (χ2n) is 6.36. The summed E-state index contributed by atoms with van der Waals surface area (Å²) < 4.78 is 1.27. The number of halogens is 2. The average Bonchev–Trinajstić information content (AvgIpc) is 2.58. The van der Waals surface area contributed by atoms with Gasteiger partial charge in [-0.1, -0.05) is 29.8 Å². The Hall–Kier alpha value is -1.98. The van der Waals surface area contributed by atoms with Crippen molar-refractivity contribution < 1.29 is 15.3 Å². The van der Waals surface area contributed by atoms with Gasteiger partial charge in [-0.05, 0) is 85.3 Å². The van der Waals surface area contributed by atoms with Gasteiger partial charge in [0.15, 0.2) is 0 Å². The normalized spacial score (nSPS) is 10.9. The van der Waals surface area contributed by atoms with Crippen LogP contribution in [0.25, 0.3) is 0 Å². The van der Waals surface area contributed by atoms with Crippen molar-refractivity contribution in [2.24, 2.45) is 0 Å². The molecule has 3 aromatic carbocycles. The highest BCUT2D eigenvalue weighted by atomic mass is 79.9. The quantitative estimate of drug-likeness (QED) is 0.443. The van der Waals surface area contributed by atoms with E-state index in [1.807, 2.05) is 43.3 Å². The molecule has 5 heteroatoms. The number of aryl methyl sites for hydroxylation is 1. The molecule has 0 spiro atoms. The van der Waals surface area contributed by atoms with Crippen LogP contribution < -0.4 is 0 Å². The number of hydrogen-bond acceptors (Lipinski definition) is 3. The monoisotopic (exact) mass is 476 g/mol. The Kier molecular flexibility index (Phi) is 5.58. The minimum absolute atomic E-state index is 0.195. The predicted octanol–water partition coefficient (Wildman–Crippen LogP) is 5.82. The third-order valence-electron chi connectivity index (χ3n) is 4.23. The van der Waals surface area contributed by atoms with Crippen LogP contribution in [0.5, 0.6) is 17.2 Å². The van der Waals surface area contributed by atoms with Crippen molar-refractivity contribution >= 4 is 31.9 Å². The Morgan fingerprint density at radius 1 is 0.692 bits per heavy atom. The van der Waals surface area contributed by atoms with Gasteiger partial charge in [-0.3, -0.25) is 0 Å². The molecule has 134 valence electrons. The lowest BCUT2D eigenvalue weighted by molar-refractivity contribution is 0.463. The molecular formula is C21H18Br2O3. The van der Waals surface area contributed by atoms with Crippen LogP contribution in [0.1, 0.15) is 27.8 Å². The van der Waals surface area contributed by atoms with Crippen molar-refractivity contribution in [3.63, 3.8) is 0 Å². The molecule has 0 radical (unpaired) electrons. The van der Waals surface area contributed by atoms with Crippen LogP contribution in [0, 0.1) is 6.92 Å². The summed E-state index contributed by atoms with van der Waals surface area (Å²) in [6, 6.07) is 14.6. The van der Waals surface area contributed by atoms with E-state index >= 15 is 0 Å². The van der Waals surface area contributed by atoms with Gasteiger partial charge in [0.2, 0.25) is 0 Å². The van der Waals surface area contributed by atoms with Gasteiger partial charge in [0.25, 0.3) is 0 Å². The lowest BCUT2D eigenvalue weighted by Gasteiger charge is -2.13. The fourth-order valence-electron chi connectivity index (χ4n) is 2.96. The van der Waals surface area contributed by atoms with E-state index in [9.17, 15) is 15.3 Å². The molecule has 3 N–H and O–H groups in total. The second-order valence-corrected chi connectivity index (χ2v) is 8.07. The van der Waals surface area contributed by atoms with E-state index in [1.54, 1.807) is 12.1 Å². The zero-order chi connectivity index (χ0) is 18.8. The zero-order valence-corrected chi connectivity index (χ0v) is 17.3. The number of phenols is 3. The average molecular weight is 478 g/mol. The number of benzene rings is 3. The van der Waals surface area contributed by atoms with E-state index in [4.69, 9.17) is 0 Å². The lowest BCUT2D eigenvalue weighted by atomic mass is 9.95. The van der Waals surface area contributed by atoms with Crippen LogP contribution in [-0.4, -0.2) is 15.3 Å². The van der Waals surface area contributed by atoms with E-state index in [0.717, 1.165) is 27.8 Å². The number of rotatable bonds is 4. The highest BCUT2D eigenvalue weighted by molar-refractivity contribution is 9.10. The maximum Gasteiger partial charge on any atom is 0.129 e. The first kappa shape index (κ1) is 18.8. The van der Waals surface area contributed by atoms with Crippen molar-refractivity contribution in [1.29, 1.82) is 0 Å². The summed E-state index contributed by atoms with van der Waals surface area (Å²) in [5, 5.41) is 30.0. The van der Waals surface area contributed by atoms with Gasteiger partial charge in [-0.2, -0.15) is 0 Å². The molecule has 0 aliphatic rings. The minimum atomic E-state index is 0.195. The Morgan fingerprint density at radius 2 is 1.12 bits per heavy atom. The van der Waals surface area contributed by atoms with Crippen molar-refractivity contribution in [3.8, 4) is 17.2 Å². The van der Waals surface area contributed by atoms with Crippen LogP contribution in [0.15, 0.2) is 57.5 Å². The number of phenolic OH excluding ortho intramolecular Hbond substituents is 3. The molecule has 0 fully saturated rings. The van der Waals surface area contributed by atoms with Gasteiger partial charge in [-0.15, -0.1) is 0 Å². The van der Waals surface area contributed by atoms with Crippen molar-refractivity contribution in [2.45, 2.75) is 19.8 Å². The first-order chi connectivity index (χ1) is 12.3. The highest BCUT2D eigenvalue weighted by Gasteiger charge is 2.12. The summed E-state index contributed by atoms with van der Waals surface area (Å²) in [5.41, 5.74) is 4.75. The summed E-state index contributed by atoms with van der Waals surface area (Å²) in [4.78, 5) is 0. The molecule has 26 heavy (non-hydrogen) atoms. The van der Waals surface area contributed by atoms with Gasteiger partial charge in [0.1, 0.15) is 17.2 Å². The van der Waals surface area contributed by atoms with E-state index in [1.165, 1.54) is 0 Å². The summed E-state index contributed by atoms with van der Waals surface area (Å²) >= 11 is 6.65. The molecule has 0 aliphatic carbocycles. The fraction of sp³-hybridized carbons (Fsp3) is 0.143. The smallest absolute Gasteiger partial charge is 0.129 e. The molecule has 0 aromatic heterocycles. The van der Waals surface area contributed by atoms with Crippen LogP contribution in [0.4, 0.5) is 0 Å². The second kappa shape index (κ2) is 7.72. The summed E-state index contributed by atoms with van der Waals surface area (Å²) in [5.74, 6) is 0.672. The van der Waals surface area contributed by atoms with Crippen molar-refractivity contribution in [3.05, 3.63) is 85.3 Å². The Labute approximate surface area is 169 Å². The fourth-order valence-corrected chi connectivity index (χ4v) is 3.82. The largest absolute Gasteiger partial charge is 0.507 e. The SMILES string of the molecule is Cc1cc(Cc2ccc(O)c(Br)c2)c(O)c(Cc2ccc(O)c(Br)c2)c1. The Bertz CT molecular complexity index is 893. The number of hydrogen-bond donors (Lipinski definition) is 3. The summed E-state index contributed by atoms with van der Waals surface area (Å²) in [6.07, 6.45) is 1.14. The molecule has 0 saturated heterocycles. The van der Waals surface area contributed by atoms with Crippen LogP contribution >= 0.6 is 31.9 Å². The van der Waals surface area contributed by atoms with E-state index in [0.29, 0.717) is 21.8 Å². The van der Waals surface area contributed by atoms with Gasteiger partial charge in [0, 0.05) is 12.8 Å². The van der Waals surface area contributed by atoms with Gasteiger partial charge in [0.05, 0.1) is 8.95 Å². The van der Waals surface area contributed by atoms with Gasteiger partial charge in [-0.25, -0.2) is 0 Å². The lowest BCUT2D eigenvalue weighted by Crippen LogP contribution is -1.96. The van der Waals surface area contributed by atoms with Crippen LogP contribution in [0.3, 0.4) is 0 Å². The molecular weight excluding hydrogens is 460 g/mol.